The summed E-state index contributed by atoms with van der Waals surface area (Å²) in [6.45, 7) is 1.20. The van der Waals surface area contributed by atoms with Gasteiger partial charge in [0.05, 0.1) is 6.67 Å². The summed E-state index contributed by atoms with van der Waals surface area (Å²) in [6.07, 6.45) is 2.06. The molecular formula is C9H17FN2O. The predicted molar refractivity (Wildman–Crippen MR) is 49.3 cm³/mol. The Morgan fingerprint density at radius 2 is 2.46 bits per heavy atom. The molecular weight excluding hydrogens is 171 g/mol. The number of nitrogens with one attached hydrogen (secondary N) is 1. The van der Waals surface area contributed by atoms with Crippen molar-refractivity contribution in [3.8, 4) is 0 Å². The Morgan fingerprint density at radius 3 is 3.08 bits per heavy atom. The van der Waals surface area contributed by atoms with Gasteiger partial charge in [0, 0.05) is 26.1 Å². The van der Waals surface area contributed by atoms with E-state index < -0.39 is 0 Å². The number of alkyl halides is 1. The first-order valence-corrected chi connectivity index (χ1v) is 4.77. The first-order valence-electron chi connectivity index (χ1n) is 4.77. The van der Waals surface area contributed by atoms with Gasteiger partial charge in [0.1, 0.15) is 0 Å². The molecule has 1 unspecified atom stereocenters. The van der Waals surface area contributed by atoms with Gasteiger partial charge >= 0.3 is 0 Å². The number of amides is 1. The van der Waals surface area contributed by atoms with Crippen molar-refractivity contribution in [1.29, 1.82) is 0 Å². The van der Waals surface area contributed by atoms with Gasteiger partial charge in [0.2, 0.25) is 5.91 Å². The Bertz CT molecular complexity index is 175. The summed E-state index contributed by atoms with van der Waals surface area (Å²) in [7, 11) is 1.81. The van der Waals surface area contributed by atoms with Gasteiger partial charge in [-0.05, 0) is 19.4 Å². The summed E-state index contributed by atoms with van der Waals surface area (Å²) in [5.41, 5.74) is 0. The fraction of sp³-hybridized carbons (Fsp3) is 0.889. The third kappa shape index (κ3) is 3.30. The van der Waals surface area contributed by atoms with Crippen LogP contribution in [-0.2, 0) is 4.79 Å². The van der Waals surface area contributed by atoms with E-state index >= 15 is 0 Å². The molecule has 0 radical (unpaired) electrons. The van der Waals surface area contributed by atoms with Crippen molar-refractivity contribution in [3.05, 3.63) is 0 Å². The number of hydrogen-bond acceptors (Lipinski definition) is 2. The van der Waals surface area contributed by atoms with Crippen molar-refractivity contribution >= 4 is 5.91 Å². The van der Waals surface area contributed by atoms with Crippen LogP contribution in [0.4, 0.5) is 4.39 Å². The quantitative estimate of drug-likeness (QED) is 0.654. The summed E-state index contributed by atoms with van der Waals surface area (Å²) in [5, 5.41) is 3.24. The lowest BCUT2D eigenvalue weighted by molar-refractivity contribution is -0.132. The van der Waals surface area contributed by atoms with Gasteiger partial charge < -0.3 is 10.2 Å². The van der Waals surface area contributed by atoms with Gasteiger partial charge in [0.25, 0.3) is 0 Å². The molecule has 0 bridgehead atoms. The summed E-state index contributed by atoms with van der Waals surface area (Å²) >= 11 is 0. The molecule has 1 saturated heterocycles. The third-order valence-corrected chi connectivity index (χ3v) is 2.37. The van der Waals surface area contributed by atoms with E-state index in [1.165, 1.54) is 0 Å². The zero-order valence-electron chi connectivity index (χ0n) is 8.05. The monoisotopic (exact) mass is 188 g/mol. The average Bonchev–Trinajstić information content (AvgIpc) is 2.12. The molecule has 0 spiro atoms. The predicted octanol–water partition coefficient (Wildman–Crippen LogP) is 0.556. The lowest BCUT2D eigenvalue weighted by Gasteiger charge is -2.30. The van der Waals surface area contributed by atoms with E-state index in [2.05, 4.69) is 5.32 Å². The molecule has 4 heteroatoms. The standard InChI is InChI=1S/C9H17FN2O/c1-12-7-8(3-4-9(12)13)11-6-2-5-10/h8,11H,2-7H2,1H3. The molecule has 1 heterocycles. The number of carbonyl (C=O) groups excluding carboxylic acids is 1. The number of carbonyl (C=O) groups is 1. The van der Waals surface area contributed by atoms with Crippen LogP contribution in [-0.4, -0.2) is 43.7 Å². The largest absolute Gasteiger partial charge is 0.344 e. The molecule has 1 fully saturated rings. The lowest BCUT2D eigenvalue weighted by Crippen LogP contribution is -2.46. The van der Waals surface area contributed by atoms with Gasteiger partial charge in [-0.15, -0.1) is 0 Å². The Hall–Kier alpha value is -0.640. The molecule has 1 rings (SSSR count). The topological polar surface area (TPSA) is 32.3 Å². The Labute approximate surface area is 78.3 Å². The number of hydrogen-bond donors (Lipinski definition) is 1. The maximum atomic E-state index is 11.8. The van der Waals surface area contributed by atoms with E-state index in [1.54, 1.807) is 4.90 Å². The van der Waals surface area contributed by atoms with Gasteiger partial charge in [-0.1, -0.05) is 0 Å². The minimum atomic E-state index is -0.269. The number of halogens is 1. The van der Waals surface area contributed by atoms with Crippen molar-refractivity contribution in [2.75, 3.05) is 26.8 Å². The van der Waals surface area contributed by atoms with Crippen LogP contribution in [0.3, 0.4) is 0 Å². The van der Waals surface area contributed by atoms with Crippen LogP contribution in [0.25, 0.3) is 0 Å². The lowest BCUT2D eigenvalue weighted by atomic mass is 10.1. The maximum Gasteiger partial charge on any atom is 0.222 e. The smallest absolute Gasteiger partial charge is 0.222 e. The molecule has 1 aliphatic rings. The van der Waals surface area contributed by atoms with E-state index in [1.807, 2.05) is 7.05 Å². The normalized spacial score (nSPS) is 23.7. The SMILES string of the molecule is CN1CC(NCCCF)CCC1=O. The van der Waals surface area contributed by atoms with Gasteiger partial charge in [0.15, 0.2) is 0 Å². The highest BCUT2D eigenvalue weighted by Crippen LogP contribution is 2.09. The van der Waals surface area contributed by atoms with Crippen LogP contribution < -0.4 is 5.32 Å². The first-order chi connectivity index (χ1) is 6.24. The van der Waals surface area contributed by atoms with Crippen molar-refractivity contribution < 1.29 is 9.18 Å². The van der Waals surface area contributed by atoms with E-state index in [0.717, 1.165) is 13.0 Å². The highest BCUT2D eigenvalue weighted by molar-refractivity contribution is 5.76. The molecule has 1 atom stereocenters. The zero-order valence-corrected chi connectivity index (χ0v) is 8.05. The Kier molecular flexibility index (Phi) is 4.15. The summed E-state index contributed by atoms with van der Waals surface area (Å²) in [4.78, 5) is 12.8. The Morgan fingerprint density at radius 1 is 1.69 bits per heavy atom. The van der Waals surface area contributed by atoms with Gasteiger partial charge in [-0.25, -0.2) is 0 Å². The molecule has 0 saturated carbocycles. The van der Waals surface area contributed by atoms with Crippen molar-refractivity contribution in [3.63, 3.8) is 0 Å². The highest BCUT2D eigenvalue weighted by atomic mass is 19.1. The average molecular weight is 188 g/mol. The number of likely N-dealkylation sites (tertiary alicyclic amines) is 1. The van der Waals surface area contributed by atoms with Gasteiger partial charge in [-0.2, -0.15) is 0 Å². The first kappa shape index (κ1) is 10.4. The molecule has 76 valence electrons. The molecule has 0 aromatic heterocycles. The second kappa shape index (κ2) is 5.17. The van der Waals surface area contributed by atoms with Crippen LogP contribution >= 0.6 is 0 Å². The number of rotatable bonds is 4. The third-order valence-electron chi connectivity index (χ3n) is 2.37. The second-order valence-electron chi connectivity index (χ2n) is 3.51. The second-order valence-corrected chi connectivity index (χ2v) is 3.51. The minimum Gasteiger partial charge on any atom is -0.344 e. The van der Waals surface area contributed by atoms with E-state index in [4.69, 9.17) is 0 Å². The van der Waals surface area contributed by atoms with Crippen molar-refractivity contribution in [2.24, 2.45) is 0 Å². The van der Waals surface area contributed by atoms with E-state index in [0.29, 0.717) is 25.4 Å². The number of likely N-dealkylation sites (N-methyl/N-ethyl adjacent to an activating group) is 1. The van der Waals surface area contributed by atoms with Crippen molar-refractivity contribution in [1.82, 2.24) is 10.2 Å². The molecule has 0 aliphatic carbocycles. The maximum absolute atomic E-state index is 11.8. The highest BCUT2D eigenvalue weighted by Gasteiger charge is 2.21. The van der Waals surface area contributed by atoms with Crippen LogP contribution in [0.5, 0.6) is 0 Å². The molecule has 1 amide bonds. The molecule has 1 N–H and O–H groups in total. The van der Waals surface area contributed by atoms with Crippen LogP contribution in [0.1, 0.15) is 19.3 Å². The van der Waals surface area contributed by atoms with E-state index in [-0.39, 0.29) is 12.6 Å². The molecule has 0 aromatic rings. The number of piperidine rings is 1. The minimum absolute atomic E-state index is 0.212. The van der Waals surface area contributed by atoms with E-state index in [9.17, 15) is 9.18 Å². The summed E-state index contributed by atoms with van der Waals surface area (Å²) in [5.74, 6) is 0.212. The van der Waals surface area contributed by atoms with Crippen molar-refractivity contribution in [2.45, 2.75) is 25.3 Å². The van der Waals surface area contributed by atoms with Crippen LogP contribution in [0.2, 0.25) is 0 Å². The van der Waals surface area contributed by atoms with Gasteiger partial charge in [-0.3, -0.25) is 9.18 Å². The zero-order chi connectivity index (χ0) is 9.68. The van der Waals surface area contributed by atoms with Crippen LogP contribution in [0.15, 0.2) is 0 Å². The summed E-state index contributed by atoms with van der Waals surface area (Å²) < 4.78 is 11.8. The Balaban J connectivity index is 2.17. The molecule has 1 aliphatic heterocycles. The molecule has 13 heavy (non-hydrogen) atoms. The number of nitrogens with zero attached hydrogens (tertiary/aromatic N) is 1. The molecule has 3 nitrogen and oxygen atoms in total. The van der Waals surface area contributed by atoms with Crippen LogP contribution in [0, 0.1) is 0 Å². The fourth-order valence-corrected chi connectivity index (χ4v) is 1.55. The molecule has 0 aromatic carbocycles. The summed E-state index contributed by atoms with van der Waals surface area (Å²) in [6, 6.07) is 0.356. The fourth-order valence-electron chi connectivity index (χ4n) is 1.55.